The van der Waals surface area contributed by atoms with E-state index in [4.69, 9.17) is 0 Å². The van der Waals surface area contributed by atoms with Gasteiger partial charge in [0.05, 0.1) is 5.75 Å². The molecule has 0 heterocycles. The van der Waals surface area contributed by atoms with Crippen LogP contribution in [0.5, 0.6) is 0 Å². The van der Waals surface area contributed by atoms with Crippen molar-refractivity contribution < 1.29 is 13.2 Å². The molecule has 0 amide bonds. The molecule has 4 heteroatoms. The lowest BCUT2D eigenvalue weighted by Gasteiger charge is -2.13. The molecule has 0 aromatic carbocycles. The maximum Gasteiger partial charge on any atom is 0.147 e. The summed E-state index contributed by atoms with van der Waals surface area (Å²) in [5.41, 5.74) is 0. The molecule has 96 valence electrons. The van der Waals surface area contributed by atoms with Crippen molar-refractivity contribution in [1.29, 1.82) is 0 Å². The van der Waals surface area contributed by atoms with E-state index in [1.807, 2.05) is 0 Å². The smallest absolute Gasteiger partial charge is 0.147 e. The highest BCUT2D eigenvalue weighted by Gasteiger charge is 2.16. The Labute approximate surface area is 99.5 Å². The molecule has 0 unspecified atom stereocenters. The summed E-state index contributed by atoms with van der Waals surface area (Å²) < 4.78 is 21.8. The van der Waals surface area contributed by atoms with E-state index in [1.165, 1.54) is 6.26 Å². The van der Waals surface area contributed by atoms with Crippen LogP contribution >= 0.6 is 0 Å². The van der Waals surface area contributed by atoms with Crippen LogP contribution in [-0.2, 0) is 14.6 Å². The Morgan fingerprint density at radius 2 is 1.62 bits per heavy atom. The zero-order chi connectivity index (χ0) is 12.6. The molecule has 0 aliphatic carbocycles. The highest BCUT2D eigenvalue weighted by atomic mass is 32.2. The zero-order valence-electron chi connectivity index (χ0n) is 10.7. The van der Waals surface area contributed by atoms with Gasteiger partial charge in [-0.1, -0.05) is 26.7 Å². The van der Waals surface area contributed by atoms with Gasteiger partial charge in [0.25, 0.3) is 0 Å². The molecule has 0 aliphatic rings. The third-order valence-electron chi connectivity index (χ3n) is 2.67. The predicted molar refractivity (Wildman–Crippen MR) is 67.3 cm³/mol. The third kappa shape index (κ3) is 7.85. The molecule has 0 bridgehead atoms. The molecule has 16 heavy (non-hydrogen) atoms. The minimum absolute atomic E-state index is 0.129. The summed E-state index contributed by atoms with van der Waals surface area (Å²) in [6.45, 7) is 4.15. The summed E-state index contributed by atoms with van der Waals surface area (Å²) in [5.74, 6) is 0.519. The summed E-state index contributed by atoms with van der Waals surface area (Å²) in [7, 11) is -2.92. The van der Waals surface area contributed by atoms with Crippen LogP contribution < -0.4 is 0 Å². The normalized spacial score (nSPS) is 12.0. The third-order valence-corrected chi connectivity index (χ3v) is 3.70. The van der Waals surface area contributed by atoms with Gasteiger partial charge in [-0.05, 0) is 19.3 Å². The quantitative estimate of drug-likeness (QED) is 0.630. The van der Waals surface area contributed by atoms with E-state index in [0.717, 1.165) is 25.7 Å². The maximum atomic E-state index is 11.8. The summed E-state index contributed by atoms with van der Waals surface area (Å²) in [6.07, 6.45) is 6.01. The molecule has 0 radical (unpaired) electrons. The van der Waals surface area contributed by atoms with Gasteiger partial charge in [0.2, 0.25) is 0 Å². The van der Waals surface area contributed by atoms with E-state index in [0.29, 0.717) is 12.8 Å². The first-order valence-corrected chi connectivity index (χ1v) is 8.17. The van der Waals surface area contributed by atoms with E-state index in [2.05, 4.69) is 13.8 Å². The van der Waals surface area contributed by atoms with Crippen LogP contribution in [0.15, 0.2) is 0 Å². The molecule has 0 aliphatic heterocycles. The molecule has 0 atom stereocenters. The summed E-state index contributed by atoms with van der Waals surface area (Å²) >= 11 is 0. The van der Waals surface area contributed by atoms with Crippen molar-refractivity contribution in [3.8, 4) is 0 Å². The summed E-state index contributed by atoms with van der Waals surface area (Å²) in [5, 5.41) is 0. The van der Waals surface area contributed by atoms with Crippen LogP contribution in [0.2, 0.25) is 0 Å². The maximum absolute atomic E-state index is 11.8. The van der Waals surface area contributed by atoms with Crippen molar-refractivity contribution in [1.82, 2.24) is 0 Å². The van der Waals surface area contributed by atoms with Crippen molar-refractivity contribution in [3.63, 3.8) is 0 Å². The standard InChI is InChI=1S/C12H24O3S/c1-4-7-11(8-5-2)12(13)9-6-10-16(3,14)15/h11H,4-10H2,1-3H3. The topological polar surface area (TPSA) is 51.2 Å². The molecular formula is C12H24O3S. The van der Waals surface area contributed by atoms with Crippen LogP contribution in [0.25, 0.3) is 0 Å². The Kier molecular flexibility index (Phi) is 7.64. The Morgan fingerprint density at radius 3 is 2.00 bits per heavy atom. The molecule has 0 N–H and O–H groups in total. The van der Waals surface area contributed by atoms with Gasteiger partial charge in [-0.2, -0.15) is 0 Å². The molecule has 0 rings (SSSR count). The molecular weight excluding hydrogens is 224 g/mol. The van der Waals surface area contributed by atoms with Crippen molar-refractivity contribution in [3.05, 3.63) is 0 Å². The van der Waals surface area contributed by atoms with E-state index in [-0.39, 0.29) is 17.5 Å². The minimum atomic E-state index is -2.92. The molecule has 3 nitrogen and oxygen atoms in total. The van der Waals surface area contributed by atoms with Crippen molar-refractivity contribution in [2.24, 2.45) is 5.92 Å². The first-order chi connectivity index (χ1) is 7.40. The number of ketones is 1. The van der Waals surface area contributed by atoms with Gasteiger partial charge >= 0.3 is 0 Å². The molecule has 0 saturated heterocycles. The van der Waals surface area contributed by atoms with E-state index in [1.54, 1.807) is 0 Å². The number of hydrogen-bond acceptors (Lipinski definition) is 3. The van der Waals surface area contributed by atoms with Gasteiger partial charge in [0.15, 0.2) is 0 Å². The Morgan fingerprint density at radius 1 is 1.12 bits per heavy atom. The van der Waals surface area contributed by atoms with Crippen molar-refractivity contribution in [2.75, 3.05) is 12.0 Å². The lowest BCUT2D eigenvalue weighted by molar-refractivity contribution is -0.123. The Balaban J connectivity index is 4.00. The van der Waals surface area contributed by atoms with Crippen LogP contribution in [0.1, 0.15) is 52.4 Å². The molecule has 0 spiro atoms. The number of rotatable bonds is 9. The first kappa shape index (κ1) is 15.6. The number of hydrogen-bond donors (Lipinski definition) is 0. The summed E-state index contributed by atoms with van der Waals surface area (Å²) in [6, 6.07) is 0. The number of carbonyl (C=O) groups excluding carboxylic acids is 1. The van der Waals surface area contributed by atoms with Crippen LogP contribution in [0, 0.1) is 5.92 Å². The van der Waals surface area contributed by atoms with Crippen LogP contribution in [0.3, 0.4) is 0 Å². The SMILES string of the molecule is CCCC(CCC)C(=O)CCCS(C)(=O)=O. The largest absolute Gasteiger partial charge is 0.299 e. The van der Waals surface area contributed by atoms with Gasteiger partial charge in [-0.3, -0.25) is 4.79 Å². The van der Waals surface area contributed by atoms with Crippen LogP contribution in [-0.4, -0.2) is 26.2 Å². The van der Waals surface area contributed by atoms with E-state index in [9.17, 15) is 13.2 Å². The van der Waals surface area contributed by atoms with E-state index < -0.39 is 9.84 Å². The summed E-state index contributed by atoms with van der Waals surface area (Å²) in [4.78, 5) is 11.8. The molecule has 0 aromatic heterocycles. The van der Waals surface area contributed by atoms with Crippen molar-refractivity contribution >= 4 is 15.6 Å². The highest BCUT2D eigenvalue weighted by Crippen LogP contribution is 2.17. The molecule has 0 fully saturated rings. The zero-order valence-corrected chi connectivity index (χ0v) is 11.5. The fourth-order valence-electron chi connectivity index (χ4n) is 1.88. The first-order valence-electron chi connectivity index (χ1n) is 6.11. The lowest BCUT2D eigenvalue weighted by Crippen LogP contribution is -2.15. The second-order valence-corrected chi connectivity index (χ2v) is 6.73. The Hall–Kier alpha value is -0.380. The van der Waals surface area contributed by atoms with Gasteiger partial charge in [0.1, 0.15) is 15.6 Å². The number of Topliss-reactive ketones (excluding diaryl/α,β-unsaturated/α-hetero) is 1. The second-order valence-electron chi connectivity index (χ2n) is 4.47. The van der Waals surface area contributed by atoms with Gasteiger partial charge < -0.3 is 0 Å². The average molecular weight is 248 g/mol. The number of carbonyl (C=O) groups is 1. The minimum Gasteiger partial charge on any atom is -0.299 e. The van der Waals surface area contributed by atoms with Gasteiger partial charge in [0, 0.05) is 18.6 Å². The van der Waals surface area contributed by atoms with Crippen molar-refractivity contribution in [2.45, 2.75) is 52.4 Å². The fourth-order valence-corrected chi connectivity index (χ4v) is 2.54. The lowest BCUT2D eigenvalue weighted by atomic mass is 9.91. The van der Waals surface area contributed by atoms with Gasteiger partial charge in [-0.15, -0.1) is 0 Å². The predicted octanol–water partition coefficient (Wildman–Crippen LogP) is 2.60. The Bertz CT molecular complexity index is 287. The van der Waals surface area contributed by atoms with E-state index >= 15 is 0 Å². The molecule has 0 saturated carbocycles. The fraction of sp³-hybridized carbons (Fsp3) is 0.917. The molecule has 0 aromatic rings. The van der Waals surface area contributed by atoms with Gasteiger partial charge in [-0.25, -0.2) is 8.42 Å². The average Bonchev–Trinajstić information content (AvgIpc) is 2.15. The number of sulfone groups is 1. The second kappa shape index (κ2) is 7.82. The van der Waals surface area contributed by atoms with Crippen LogP contribution in [0.4, 0.5) is 0 Å². The monoisotopic (exact) mass is 248 g/mol. The highest BCUT2D eigenvalue weighted by molar-refractivity contribution is 7.90.